The summed E-state index contributed by atoms with van der Waals surface area (Å²) in [5.74, 6) is 0.837. The van der Waals surface area contributed by atoms with Crippen LogP contribution < -0.4 is 5.32 Å². The summed E-state index contributed by atoms with van der Waals surface area (Å²) in [6.45, 7) is 9.60. The molecule has 0 spiro atoms. The van der Waals surface area contributed by atoms with E-state index >= 15 is 0 Å². The second kappa shape index (κ2) is 6.01. The maximum Gasteiger partial charge on any atom is 0.155 e. The first-order valence-electron chi connectivity index (χ1n) is 6.01. The van der Waals surface area contributed by atoms with Crippen LogP contribution in [-0.4, -0.2) is 32.0 Å². The molecule has 16 heavy (non-hydrogen) atoms. The van der Waals surface area contributed by atoms with E-state index in [2.05, 4.69) is 19.2 Å². The summed E-state index contributed by atoms with van der Waals surface area (Å²) in [5, 5.41) is 3.23. The molecule has 98 valence electrons. The van der Waals surface area contributed by atoms with Crippen molar-refractivity contribution < 1.29 is 8.42 Å². The smallest absolute Gasteiger partial charge is 0.155 e. The fraction of sp³-hybridized carbons (Fsp3) is 1.00. The molecule has 0 aromatic carbocycles. The summed E-state index contributed by atoms with van der Waals surface area (Å²) in [6.07, 6.45) is 1.66. The van der Waals surface area contributed by atoms with Crippen molar-refractivity contribution in [2.45, 2.75) is 58.2 Å². The highest BCUT2D eigenvalue weighted by Gasteiger charge is 2.28. The minimum atomic E-state index is -2.96. The molecule has 0 saturated heterocycles. The number of hydrogen-bond acceptors (Lipinski definition) is 3. The lowest BCUT2D eigenvalue weighted by Gasteiger charge is -2.22. The molecule has 0 aliphatic rings. The van der Waals surface area contributed by atoms with Crippen LogP contribution in [0.25, 0.3) is 0 Å². The van der Waals surface area contributed by atoms with E-state index in [1.54, 1.807) is 20.8 Å². The Morgan fingerprint density at radius 3 is 2.00 bits per heavy atom. The zero-order chi connectivity index (χ0) is 13.0. The van der Waals surface area contributed by atoms with Gasteiger partial charge in [0.05, 0.1) is 10.5 Å². The van der Waals surface area contributed by atoms with Gasteiger partial charge in [-0.05, 0) is 46.6 Å². The molecule has 0 amide bonds. The molecule has 0 radical (unpaired) electrons. The molecule has 0 aromatic rings. The first-order valence-corrected chi connectivity index (χ1v) is 7.66. The summed E-state index contributed by atoms with van der Waals surface area (Å²) >= 11 is 0. The van der Waals surface area contributed by atoms with Crippen molar-refractivity contribution in [1.82, 2.24) is 5.32 Å². The van der Waals surface area contributed by atoms with Gasteiger partial charge in [-0.25, -0.2) is 8.42 Å². The van der Waals surface area contributed by atoms with Gasteiger partial charge < -0.3 is 5.32 Å². The van der Waals surface area contributed by atoms with Crippen LogP contribution in [-0.2, 0) is 9.84 Å². The molecule has 0 heterocycles. The lowest BCUT2D eigenvalue weighted by Crippen LogP contribution is -2.33. The first kappa shape index (κ1) is 15.9. The number of rotatable bonds is 6. The molecule has 0 aliphatic carbocycles. The highest BCUT2D eigenvalue weighted by molar-refractivity contribution is 7.92. The van der Waals surface area contributed by atoms with Crippen LogP contribution in [0.5, 0.6) is 0 Å². The van der Waals surface area contributed by atoms with Crippen molar-refractivity contribution in [3.05, 3.63) is 0 Å². The van der Waals surface area contributed by atoms with Gasteiger partial charge in [-0.3, -0.25) is 0 Å². The van der Waals surface area contributed by atoms with Crippen molar-refractivity contribution >= 4 is 9.84 Å². The van der Waals surface area contributed by atoms with Gasteiger partial charge in [-0.2, -0.15) is 0 Å². The lowest BCUT2D eigenvalue weighted by atomic mass is 10.0. The highest BCUT2D eigenvalue weighted by atomic mass is 32.2. The van der Waals surface area contributed by atoms with E-state index in [0.29, 0.717) is 17.7 Å². The van der Waals surface area contributed by atoms with Crippen molar-refractivity contribution in [2.24, 2.45) is 5.92 Å². The largest absolute Gasteiger partial charge is 0.317 e. The van der Waals surface area contributed by atoms with Gasteiger partial charge >= 0.3 is 0 Å². The summed E-state index contributed by atoms with van der Waals surface area (Å²) in [5.41, 5.74) is 0. The third kappa shape index (κ3) is 4.83. The van der Waals surface area contributed by atoms with Crippen molar-refractivity contribution in [3.63, 3.8) is 0 Å². The maximum atomic E-state index is 11.9. The van der Waals surface area contributed by atoms with Crippen LogP contribution in [0.4, 0.5) is 0 Å². The van der Waals surface area contributed by atoms with E-state index in [9.17, 15) is 8.42 Å². The Labute approximate surface area is 101 Å². The molecule has 1 N–H and O–H groups in total. The Bertz CT molecular complexity index is 289. The van der Waals surface area contributed by atoms with Crippen LogP contribution in [0.15, 0.2) is 0 Å². The van der Waals surface area contributed by atoms with Crippen LogP contribution in [0, 0.1) is 5.92 Å². The number of nitrogens with one attached hydrogen (secondary N) is 1. The van der Waals surface area contributed by atoms with Gasteiger partial charge in [-0.1, -0.05) is 13.8 Å². The monoisotopic (exact) mass is 249 g/mol. The Kier molecular flexibility index (Phi) is 5.98. The normalized spacial score (nSPS) is 15.4. The zero-order valence-electron chi connectivity index (χ0n) is 11.5. The summed E-state index contributed by atoms with van der Waals surface area (Å²) in [6, 6.07) is 0.412. The molecule has 4 heteroatoms. The molecular weight excluding hydrogens is 222 g/mol. The van der Waals surface area contributed by atoms with Gasteiger partial charge in [0.25, 0.3) is 0 Å². The second-order valence-electron chi connectivity index (χ2n) is 5.71. The highest BCUT2D eigenvalue weighted by Crippen LogP contribution is 2.18. The Hall–Kier alpha value is -0.0900. The molecular formula is C12H27NO2S. The average molecular weight is 249 g/mol. The SMILES string of the molecule is CNC(CCCS(=O)(=O)C(C)(C)C)C(C)C. The second-order valence-corrected chi connectivity index (χ2v) is 8.58. The van der Waals surface area contributed by atoms with Crippen molar-refractivity contribution in [1.29, 1.82) is 0 Å². The van der Waals surface area contributed by atoms with Gasteiger partial charge in [0.2, 0.25) is 0 Å². The molecule has 1 unspecified atom stereocenters. The number of hydrogen-bond donors (Lipinski definition) is 1. The molecule has 0 fully saturated rings. The van der Waals surface area contributed by atoms with E-state index in [0.717, 1.165) is 12.8 Å². The molecule has 0 aromatic heterocycles. The minimum absolute atomic E-state index is 0.293. The van der Waals surface area contributed by atoms with E-state index in [1.165, 1.54) is 0 Å². The van der Waals surface area contributed by atoms with E-state index in [1.807, 2.05) is 7.05 Å². The van der Waals surface area contributed by atoms with Gasteiger partial charge in [-0.15, -0.1) is 0 Å². The number of sulfone groups is 1. The van der Waals surface area contributed by atoms with Crippen molar-refractivity contribution in [3.8, 4) is 0 Å². The van der Waals surface area contributed by atoms with Crippen LogP contribution in [0.3, 0.4) is 0 Å². The van der Waals surface area contributed by atoms with Crippen molar-refractivity contribution in [2.75, 3.05) is 12.8 Å². The van der Waals surface area contributed by atoms with Gasteiger partial charge in [0, 0.05) is 6.04 Å². The lowest BCUT2D eigenvalue weighted by molar-refractivity contribution is 0.399. The fourth-order valence-corrected chi connectivity index (χ4v) is 2.77. The summed E-state index contributed by atoms with van der Waals surface area (Å²) < 4.78 is 23.1. The molecule has 1 atom stereocenters. The summed E-state index contributed by atoms with van der Waals surface area (Å²) in [7, 11) is -1.02. The predicted molar refractivity (Wildman–Crippen MR) is 70.5 cm³/mol. The summed E-state index contributed by atoms with van der Waals surface area (Å²) in [4.78, 5) is 0. The third-order valence-electron chi connectivity index (χ3n) is 3.04. The average Bonchev–Trinajstić information content (AvgIpc) is 2.09. The topological polar surface area (TPSA) is 46.2 Å². The molecule has 0 aliphatic heterocycles. The quantitative estimate of drug-likeness (QED) is 0.785. The maximum absolute atomic E-state index is 11.9. The molecule has 0 rings (SSSR count). The zero-order valence-corrected chi connectivity index (χ0v) is 12.3. The van der Waals surface area contributed by atoms with Gasteiger partial charge in [0.15, 0.2) is 9.84 Å². The minimum Gasteiger partial charge on any atom is -0.317 e. The van der Waals surface area contributed by atoms with Crippen LogP contribution in [0.2, 0.25) is 0 Å². The Balaban J connectivity index is 4.18. The standard InChI is InChI=1S/C12H27NO2S/c1-10(2)11(13-6)8-7-9-16(14,15)12(3,4)5/h10-11,13H,7-9H2,1-6H3. The fourth-order valence-electron chi connectivity index (χ4n) is 1.61. The van der Waals surface area contributed by atoms with E-state index < -0.39 is 14.6 Å². The Morgan fingerprint density at radius 1 is 1.19 bits per heavy atom. The van der Waals surface area contributed by atoms with Gasteiger partial charge in [0.1, 0.15) is 0 Å². The Morgan fingerprint density at radius 2 is 1.69 bits per heavy atom. The molecule has 0 saturated carbocycles. The van der Waals surface area contributed by atoms with Crippen LogP contribution in [0.1, 0.15) is 47.5 Å². The third-order valence-corrected chi connectivity index (χ3v) is 5.73. The van der Waals surface area contributed by atoms with E-state index in [4.69, 9.17) is 0 Å². The predicted octanol–water partition coefficient (Wildman–Crippen LogP) is 2.22. The first-order chi connectivity index (χ1) is 7.12. The molecule has 3 nitrogen and oxygen atoms in total. The van der Waals surface area contributed by atoms with Crippen LogP contribution >= 0.6 is 0 Å². The van der Waals surface area contributed by atoms with E-state index in [-0.39, 0.29) is 0 Å². The molecule has 0 bridgehead atoms.